The maximum atomic E-state index is 13.1. The molecule has 0 saturated carbocycles. The summed E-state index contributed by atoms with van der Waals surface area (Å²) in [6.07, 6.45) is -1.12. The normalized spacial score (nSPS) is 11.3. The highest BCUT2D eigenvalue weighted by Crippen LogP contribution is 2.33. The summed E-state index contributed by atoms with van der Waals surface area (Å²) in [6, 6.07) is 12.7. The quantitative estimate of drug-likeness (QED) is 0.643. The molecular formula is C17H11F3N4S. The van der Waals surface area contributed by atoms with Crippen molar-refractivity contribution in [3.63, 3.8) is 0 Å². The van der Waals surface area contributed by atoms with Crippen molar-refractivity contribution >= 4 is 11.8 Å². The van der Waals surface area contributed by atoms with Crippen molar-refractivity contribution in [1.82, 2.24) is 14.8 Å². The second-order valence-electron chi connectivity index (χ2n) is 5.07. The molecule has 0 atom stereocenters. The predicted molar refractivity (Wildman–Crippen MR) is 88.3 cm³/mol. The standard InChI is InChI=1S/C17H11F3N4S/c1-25-13-5-6-16(22-10-13)24-14(8-15(23-24)17(18,19)20)12-4-2-3-11(7-12)9-21/h2-8,10H,1H3. The molecule has 0 bridgehead atoms. The molecule has 3 rings (SSSR count). The lowest BCUT2D eigenvalue weighted by Gasteiger charge is -2.07. The summed E-state index contributed by atoms with van der Waals surface area (Å²) in [5.74, 6) is 0.269. The Kier molecular flexibility index (Phi) is 4.51. The van der Waals surface area contributed by atoms with Crippen LogP contribution in [0.2, 0.25) is 0 Å². The van der Waals surface area contributed by atoms with Gasteiger partial charge < -0.3 is 0 Å². The lowest BCUT2D eigenvalue weighted by Crippen LogP contribution is -2.08. The van der Waals surface area contributed by atoms with Crippen LogP contribution in [-0.2, 0) is 6.18 Å². The Morgan fingerprint density at radius 1 is 1.16 bits per heavy atom. The number of aromatic nitrogens is 3. The fourth-order valence-corrected chi connectivity index (χ4v) is 2.63. The lowest BCUT2D eigenvalue weighted by molar-refractivity contribution is -0.141. The predicted octanol–water partition coefficient (Wildman–Crippen LogP) is 4.55. The number of rotatable bonds is 3. The summed E-state index contributed by atoms with van der Waals surface area (Å²) < 4.78 is 40.5. The molecule has 0 N–H and O–H groups in total. The number of hydrogen-bond donors (Lipinski definition) is 0. The Balaban J connectivity index is 2.18. The third kappa shape index (κ3) is 3.51. The molecule has 1 aromatic carbocycles. The zero-order chi connectivity index (χ0) is 18.0. The molecule has 0 aliphatic rings. The van der Waals surface area contributed by atoms with Gasteiger partial charge in [0.15, 0.2) is 11.5 Å². The van der Waals surface area contributed by atoms with E-state index in [9.17, 15) is 13.2 Å². The second-order valence-corrected chi connectivity index (χ2v) is 5.95. The van der Waals surface area contributed by atoms with Crippen LogP contribution in [0.1, 0.15) is 11.3 Å². The van der Waals surface area contributed by atoms with Gasteiger partial charge in [0.1, 0.15) is 0 Å². The molecular weight excluding hydrogens is 349 g/mol. The van der Waals surface area contributed by atoms with Crippen LogP contribution in [-0.4, -0.2) is 21.0 Å². The molecule has 0 unspecified atom stereocenters. The third-order valence-corrected chi connectivity index (χ3v) is 4.17. The van der Waals surface area contributed by atoms with Gasteiger partial charge in [-0.1, -0.05) is 12.1 Å². The van der Waals surface area contributed by atoms with E-state index in [-0.39, 0.29) is 11.5 Å². The van der Waals surface area contributed by atoms with Gasteiger partial charge in [-0.25, -0.2) is 9.67 Å². The molecule has 3 aromatic rings. The van der Waals surface area contributed by atoms with E-state index in [0.717, 1.165) is 15.6 Å². The number of hydrogen-bond acceptors (Lipinski definition) is 4. The largest absolute Gasteiger partial charge is 0.435 e. The average molecular weight is 360 g/mol. The fraction of sp³-hybridized carbons (Fsp3) is 0.118. The first kappa shape index (κ1) is 17.0. The summed E-state index contributed by atoms with van der Waals surface area (Å²) in [6.45, 7) is 0. The van der Waals surface area contributed by atoms with Crippen molar-refractivity contribution in [2.45, 2.75) is 11.1 Å². The number of halogens is 3. The van der Waals surface area contributed by atoms with Crippen LogP contribution in [0.15, 0.2) is 53.6 Å². The van der Waals surface area contributed by atoms with Crippen LogP contribution in [0.3, 0.4) is 0 Å². The molecule has 0 aliphatic carbocycles. The topological polar surface area (TPSA) is 54.5 Å². The molecule has 8 heteroatoms. The fourth-order valence-electron chi connectivity index (χ4n) is 2.27. The van der Waals surface area contributed by atoms with Crippen molar-refractivity contribution in [2.24, 2.45) is 0 Å². The Labute approximate surface area is 145 Å². The van der Waals surface area contributed by atoms with E-state index in [1.165, 1.54) is 17.8 Å². The number of pyridine rings is 1. The van der Waals surface area contributed by atoms with Gasteiger partial charge in [-0.2, -0.15) is 23.5 Å². The van der Waals surface area contributed by atoms with Crippen LogP contribution in [0, 0.1) is 11.3 Å². The van der Waals surface area contributed by atoms with Gasteiger partial charge in [0.2, 0.25) is 0 Å². The molecule has 0 saturated heterocycles. The summed E-state index contributed by atoms with van der Waals surface area (Å²) in [4.78, 5) is 5.08. The first-order valence-electron chi connectivity index (χ1n) is 7.10. The van der Waals surface area contributed by atoms with E-state index in [4.69, 9.17) is 5.26 Å². The number of thioether (sulfide) groups is 1. The van der Waals surface area contributed by atoms with E-state index < -0.39 is 11.9 Å². The van der Waals surface area contributed by atoms with E-state index in [1.807, 2.05) is 12.3 Å². The Morgan fingerprint density at radius 2 is 1.96 bits per heavy atom. The molecule has 0 amide bonds. The first-order valence-corrected chi connectivity index (χ1v) is 8.33. The monoisotopic (exact) mass is 360 g/mol. The minimum Gasteiger partial charge on any atom is -0.236 e. The smallest absolute Gasteiger partial charge is 0.236 e. The van der Waals surface area contributed by atoms with Gasteiger partial charge in [0.05, 0.1) is 17.3 Å². The van der Waals surface area contributed by atoms with Gasteiger partial charge in [-0.15, -0.1) is 11.8 Å². The van der Waals surface area contributed by atoms with Gasteiger partial charge in [0, 0.05) is 16.7 Å². The lowest BCUT2D eigenvalue weighted by atomic mass is 10.1. The molecule has 2 aromatic heterocycles. The number of nitriles is 1. The second kappa shape index (κ2) is 6.61. The van der Waals surface area contributed by atoms with E-state index in [0.29, 0.717) is 11.1 Å². The molecule has 0 fully saturated rings. The van der Waals surface area contributed by atoms with Gasteiger partial charge in [-0.3, -0.25) is 0 Å². The van der Waals surface area contributed by atoms with E-state index in [2.05, 4.69) is 10.1 Å². The van der Waals surface area contributed by atoms with Gasteiger partial charge in [-0.05, 0) is 36.6 Å². The molecule has 2 heterocycles. The minimum atomic E-state index is -4.58. The summed E-state index contributed by atoms with van der Waals surface area (Å²) in [7, 11) is 0. The van der Waals surface area contributed by atoms with E-state index >= 15 is 0 Å². The highest BCUT2D eigenvalue weighted by molar-refractivity contribution is 7.98. The maximum absolute atomic E-state index is 13.1. The SMILES string of the molecule is CSc1ccc(-n2nc(C(F)(F)F)cc2-c2cccc(C#N)c2)nc1. The van der Waals surface area contributed by atoms with Crippen LogP contribution in [0.5, 0.6) is 0 Å². The maximum Gasteiger partial charge on any atom is 0.435 e. The molecule has 4 nitrogen and oxygen atoms in total. The Hall–Kier alpha value is -2.79. The van der Waals surface area contributed by atoms with Crippen LogP contribution in [0.4, 0.5) is 13.2 Å². The molecule has 25 heavy (non-hydrogen) atoms. The highest BCUT2D eigenvalue weighted by Gasteiger charge is 2.35. The third-order valence-electron chi connectivity index (χ3n) is 3.46. The van der Waals surface area contributed by atoms with E-state index in [1.54, 1.807) is 36.5 Å². The van der Waals surface area contributed by atoms with Crippen LogP contribution in [0.25, 0.3) is 17.1 Å². The van der Waals surface area contributed by atoms with Gasteiger partial charge >= 0.3 is 6.18 Å². The van der Waals surface area contributed by atoms with Crippen LogP contribution >= 0.6 is 11.8 Å². The number of nitrogens with zero attached hydrogens (tertiary/aromatic N) is 4. The molecule has 0 spiro atoms. The summed E-state index contributed by atoms with van der Waals surface area (Å²) >= 11 is 1.48. The van der Waals surface area contributed by atoms with Crippen molar-refractivity contribution in [2.75, 3.05) is 6.26 Å². The average Bonchev–Trinajstić information content (AvgIpc) is 3.07. The zero-order valence-corrected chi connectivity index (χ0v) is 13.8. The summed E-state index contributed by atoms with van der Waals surface area (Å²) in [5, 5.41) is 12.7. The Bertz CT molecular complexity index is 940. The molecule has 0 radical (unpaired) electrons. The highest BCUT2D eigenvalue weighted by atomic mass is 32.2. The summed E-state index contributed by atoms with van der Waals surface area (Å²) in [5.41, 5.74) is 0.0109. The number of benzene rings is 1. The Morgan fingerprint density at radius 3 is 2.56 bits per heavy atom. The molecule has 126 valence electrons. The van der Waals surface area contributed by atoms with Crippen molar-refractivity contribution in [3.8, 4) is 23.1 Å². The molecule has 0 aliphatic heterocycles. The zero-order valence-electron chi connectivity index (χ0n) is 12.9. The first-order chi connectivity index (χ1) is 11.9. The van der Waals surface area contributed by atoms with Crippen molar-refractivity contribution < 1.29 is 13.2 Å². The van der Waals surface area contributed by atoms with Gasteiger partial charge in [0.25, 0.3) is 0 Å². The van der Waals surface area contributed by atoms with Crippen molar-refractivity contribution in [1.29, 1.82) is 5.26 Å². The van der Waals surface area contributed by atoms with Crippen LogP contribution < -0.4 is 0 Å². The minimum absolute atomic E-state index is 0.217. The van der Waals surface area contributed by atoms with Crippen molar-refractivity contribution in [3.05, 3.63) is 59.9 Å². The number of alkyl halides is 3.